The molecule has 0 aliphatic rings. The van der Waals surface area contributed by atoms with E-state index in [1.807, 2.05) is 41.8 Å². The third kappa shape index (κ3) is 2.85. The highest BCUT2D eigenvalue weighted by molar-refractivity contribution is 9.10. The highest BCUT2D eigenvalue weighted by Crippen LogP contribution is 2.28. The Labute approximate surface area is 114 Å². The number of hydrogen-bond donors (Lipinski definition) is 0. The summed E-state index contributed by atoms with van der Waals surface area (Å²) >= 11 is 4.89. The van der Waals surface area contributed by atoms with Gasteiger partial charge in [0.2, 0.25) is 0 Å². The number of Topliss-reactive ketones (excluding diaryl/α,β-unsaturated/α-hetero) is 1. The zero-order valence-electron chi connectivity index (χ0n) is 9.52. The summed E-state index contributed by atoms with van der Waals surface area (Å²) in [5, 5.41) is 1.95. The topological polar surface area (TPSA) is 17.1 Å². The first-order chi connectivity index (χ1) is 8.22. The summed E-state index contributed by atoms with van der Waals surface area (Å²) in [6.45, 7) is 2.05. The number of hydrogen-bond acceptors (Lipinski definition) is 2. The van der Waals surface area contributed by atoms with Crippen LogP contribution < -0.4 is 0 Å². The van der Waals surface area contributed by atoms with Crippen molar-refractivity contribution >= 4 is 33.0 Å². The van der Waals surface area contributed by atoms with Crippen molar-refractivity contribution in [2.24, 2.45) is 0 Å². The van der Waals surface area contributed by atoms with E-state index >= 15 is 0 Å². The number of carbonyl (C=O) groups excluding carboxylic acids is 1. The van der Waals surface area contributed by atoms with E-state index in [-0.39, 0.29) is 11.7 Å². The molecule has 0 spiro atoms. The summed E-state index contributed by atoms with van der Waals surface area (Å²) in [6.07, 6.45) is 0.832. The summed E-state index contributed by atoms with van der Waals surface area (Å²) in [5.41, 5.74) is 1.10. The Morgan fingerprint density at radius 3 is 2.59 bits per heavy atom. The molecule has 88 valence electrons. The molecule has 0 N–H and O–H groups in total. The van der Waals surface area contributed by atoms with Crippen molar-refractivity contribution in [2.45, 2.75) is 19.3 Å². The first-order valence-electron chi connectivity index (χ1n) is 5.55. The number of thiophene rings is 1. The van der Waals surface area contributed by atoms with Gasteiger partial charge in [-0.1, -0.05) is 37.3 Å². The van der Waals surface area contributed by atoms with E-state index in [1.165, 1.54) is 11.3 Å². The van der Waals surface area contributed by atoms with Crippen molar-refractivity contribution in [2.75, 3.05) is 0 Å². The molecule has 1 unspecified atom stereocenters. The Hall–Kier alpha value is -0.930. The molecule has 0 bridgehead atoms. The smallest absolute Gasteiger partial charge is 0.180 e. The van der Waals surface area contributed by atoms with Crippen molar-refractivity contribution in [1.82, 2.24) is 0 Å². The van der Waals surface area contributed by atoms with Gasteiger partial charge in [-0.2, -0.15) is 0 Å². The second-order valence-electron chi connectivity index (χ2n) is 3.86. The van der Waals surface area contributed by atoms with Crippen LogP contribution in [0.1, 0.15) is 34.5 Å². The fourth-order valence-corrected chi connectivity index (χ4v) is 3.29. The van der Waals surface area contributed by atoms with Gasteiger partial charge in [0.15, 0.2) is 5.78 Å². The monoisotopic (exact) mass is 308 g/mol. The summed E-state index contributed by atoms with van der Waals surface area (Å²) in [4.78, 5) is 13.2. The van der Waals surface area contributed by atoms with Crippen LogP contribution >= 0.6 is 27.3 Å². The highest BCUT2D eigenvalue weighted by Gasteiger charge is 2.21. The van der Waals surface area contributed by atoms with Gasteiger partial charge in [0.1, 0.15) is 0 Å². The molecule has 3 heteroatoms. The molecule has 0 aliphatic heterocycles. The molecule has 0 saturated carbocycles. The maximum atomic E-state index is 12.4. The van der Waals surface area contributed by atoms with Gasteiger partial charge < -0.3 is 0 Å². The Bertz CT molecular complexity index is 504. The standard InChI is InChI=1S/C14H13BrOS/c1-2-12(10-6-4-3-5-7-10)14(16)13-8-11(15)9-17-13/h3-9,12H,2H2,1H3. The Balaban J connectivity index is 2.28. The lowest BCUT2D eigenvalue weighted by Gasteiger charge is -2.12. The zero-order chi connectivity index (χ0) is 12.3. The van der Waals surface area contributed by atoms with Gasteiger partial charge in [0.25, 0.3) is 0 Å². The van der Waals surface area contributed by atoms with Gasteiger partial charge in [0.05, 0.1) is 4.88 Å². The van der Waals surface area contributed by atoms with Crippen LogP contribution in [0.2, 0.25) is 0 Å². The largest absolute Gasteiger partial charge is 0.293 e. The van der Waals surface area contributed by atoms with Crippen molar-refractivity contribution in [1.29, 1.82) is 0 Å². The van der Waals surface area contributed by atoms with Gasteiger partial charge in [0, 0.05) is 15.8 Å². The average molecular weight is 309 g/mol. The van der Waals surface area contributed by atoms with Gasteiger partial charge in [-0.15, -0.1) is 11.3 Å². The molecule has 1 heterocycles. The second-order valence-corrected chi connectivity index (χ2v) is 5.69. The molecule has 1 aromatic carbocycles. The van der Waals surface area contributed by atoms with Crippen LogP contribution in [0.4, 0.5) is 0 Å². The minimum atomic E-state index is -0.0262. The lowest BCUT2D eigenvalue weighted by molar-refractivity contribution is 0.0961. The van der Waals surface area contributed by atoms with E-state index in [1.54, 1.807) is 0 Å². The van der Waals surface area contributed by atoms with E-state index in [0.717, 1.165) is 21.3 Å². The summed E-state index contributed by atoms with van der Waals surface area (Å²) in [6, 6.07) is 11.9. The zero-order valence-corrected chi connectivity index (χ0v) is 11.9. The van der Waals surface area contributed by atoms with E-state index in [4.69, 9.17) is 0 Å². The molecule has 1 aromatic heterocycles. The number of carbonyl (C=O) groups is 1. The minimum absolute atomic E-state index is 0.0262. The molecule has 0 fully saturated rings. The molecular formula is C14H13BrOS. The fourth-order valence-electron chi connectivity index (χ4n) is 1.87. The maximum Gasteiger partial charge on any atom is 0.180 e. The molecule has 2 rings (SSSR count). The number of halogens is 1. The van der Waals surface area contributed by atoms with Crippen molar-refractivity contribution in [3.63, 3.8) is 0 Å². The molecule has 0 radical (unpaired) electrons. The lowest BCUT2D eigenvalue weighted by Crippen LogP contribution is -2.10. The first kappa shape index (κ1) is 12.5. The van der Waals surface area contributed by atoms with Gasteiger partial charge in [-0.3, -0.25) is 4.79 Å². The normalized spacial score (nSPS) is 12.4. The summed E-state index contributed by atoms with van der Waals surface area (Å²) in [7, 11) is 0. The van der Waals surface area contributed by atoms with Crippen LogP contribution in [0.3, 0.4) is 0 Å². The van der Waals surface area contributed by atoms with Crippen LogP contribution in [0.25, 0.3) is 0 Å². The third-order valence-electron chi connectivity index (χ3n) is 2.74. The van der Waals surface area contributed by atoms with E-state index in [9.17, 15) is 4.79 Å². The molecule has 0 amide bonds. The molecule has 0 saturated heterocycles. The van der Waals surface area contributed by atoms with Crippen molar-refractivity contribution in [3.8, 4) is 0 Å². The van der Waals surface area contributed by atoms with Crippen LogP contribution in [0.15, 0.2) is 46.3 Å². The third-order valence-corrected chi connectivity index (χ3v) is 4.44. The van der Waals surface area contributed by atoms with Gasteiger partial charge >= 0.3 is 0 Å². The Morgan fingerprint density at radius 1 is 1.35 bits per heavy atom. The quantitative estimate of drug-likeness (QED) is 0.735. The molecule has 0 aliphatic carbocycles. The van der Waals surface area contributed by atoms with Crippen LogP contribution in [-0.4, -0.2) is 5.78 Å². The first-order valence-corrected chi connectivity index (χ1v) is 7.22. The highest BCUT2D eigenvalue weighted by atomic mass is 79.9. The lowest BCUT2D eigenvalue weighted by atomic mass is 9.91. The fraction of sp³-hybridized carbons (Fsp3) is 0.214. The molecule has 1 nitrogen and oxygen atoms in total. The molecule has 1 atom stereocenters. The Kier molecular flexibility index (Phi) is 4.13. The summed E-state index contributed by atoms with van der Waals surface area (Å²) in [5.74, 6) is 0.191. The van der Waals surface area contributed by atoms with Gasteiger partial charge in [-0.25, -0.2) is 0 Å². The predicted octanol–water partition coefficient (Wildman–Crippen LogP) is 4.89. The van der Waals surface area contributed by atoms with E-state index in [2.05, 4.69) is 22.9 Å². The minimum Gasteiger partial charge on any atom is -0.293 e. The molecule has 17 heavy (non-hydrogen) atoms. The number of benzene rings is 1. The number of rotatable bonds is 4. The molecule has 2 aromatic rings. The van der Waals surface area contributed by atoms with Crippen molar-refractivity contribution in [3.05, 3.63) is 56.7 Å². The van der Waals surface area contributed by atoms with E-state index in [0.29, 0.717) is 0 Å². The summed E-state index contributed by atoms with van der Waals surface area (Å²) < 4.78 is 0.980. The van der Waals surface area contributed by atoms with Crippen molar-refractivity contribution < 1.29 is 4.79 Å². The molecular weight excluding hydrogens is 296 g/mol. The number of ketones is 1. The maximum absolute atomic E-state index is 12.4. The average Bonchev–Trinajstić information content (AvgIpc) is 2.78. The van der Waals surface area contributed by atoms with Gasteiger partial charge in [-0.05, 0) is 34.0 Å². The Morgan fingerprint density at radius 2 is 2.06 bits per heavy atom. The second kappa shape index (κ2) is 5.61. The SMILES string of the molecule is CCC(C(=O)c1cc(Br)cs1)c1ccccc1. The van der Waals surface area contributed by atoms with Crippen LogP contribution in [-0.2, 0) is 0 Å². The predicted molar refractivity (Wildman–Crippen MR) is 75.8 cm³/mol. The van der Waals surface area contributed by atoms with E-state index < -0.39 is 0 Å². The van der Waals surface area contributed by atoms with Crippen LogP contribution in [0.5, 0.6) is 0 Å². The van der Waals surface area contributed by atoms with Crippen LogP contribution in [0, 0.1) is 0 Å².